The number of rotatable bonds is 7. The van der Waals surface area contributed by atoms with Gasteiger partial charge in [0.1, 0.15) is 11.7 Å². The van der Waals surface area contributed by atoms with Crippen molar-refractivity contribution in [1.29, 1.82) is 0 Å². The summed E-state index contributed by atoms with van der Waals surface area (Å²) < 4.78 is 11.9. The van der Waals surface area contributed by atoms with Crippen LogP contribution in [0.3, 0.4) is 0 Å². The van der Waals surface area contributed by atoms with Gasteiger partial charge in [-0.25, -0.2) is 4.79 Å². The average molecular weight is 767 g/mol. The van der Waals surface area contributed by atoms with E-state index in [1.807, 2.05) is 34.6 Å². The molecule has 3 unspecified atom stereocenters. The summed E-state index contributed by atoms with van der Waals surface area (Å²) in [5.74, 6) is 1.15. The molecule has 9 heteroatoms. The van der Waals surface area contributed by atoms with Crippen LogP contribution in [0.4, 0.5) is 4.79 Å². The minimum Gasteiger partial charge on any atom is -0.481 e. The first-order chi connectivity index (χ1) is 25.3. The highest BCUT2D eigenvalue weighted by atomic mass is 16.6. The first kappa shape index (κ1) is 42.0. The summed E-state index contributed by atoms with van der Waals surface area (Å²) >= 11 is 0. The van der Waals surface area contributed by atoms with Gasteiger partial charge in [-0.15, -0.1) is 0 Å². The number of allylic oxidation sites excluding steroid dienone is 1. The standard InChI is InChI=1S/C46H74N2O7/c1-29(2)30-15-20-46(38(52)47-23-25-48(26-24-47)39(53)55-40(3,4)5)22-21-44(11)31(37(30)46)13-14-33-43(10)18-17-34(42(8,9)32(43)16-19-45(33,44)12)54-36(51)28-41(6,7)27-35(49)50/h30-34,37H,1,13-28H2,2-12H3,(H,49,50)/t30-,31+,32?,33?,34-,37?,43-,44+,45+,46-/m0/s1. The Morgan fingerprint density at radius 1 is 0.745 bits per heavy atom. The molecule has 1 aliphatic heterocycles. The molecule has 1 N–H and O–H groups in total. The summed E-state index contributed by atoms with van der Waals surface area (Å²) in [5.41, 5.74) is -0.232. The van der Waals surface area contributed by atoms with Crippen molar-refractivity contribution in [3.63, 3.8) is 0 Å². The lowest BCUT2D eigenvalue weighted by Gasteiger charge is -2.73. The van der Waals surface area contributed by atoms with E-state index in [0.717, 1.165) is 64.2 Å². The largest absolute Gasteiger partial charge is 0.481 e. The average Bonchev–Trinajstić information content (AvgIpc) is 3.46. The molecule has 0 aromatic carbocycles. The van der Waals surface area contributed by atoms with Gasteiger partial charge in [-0.3, -0.25) is 14.4 Å². The number of carbonyl (C=O) groups excluding carboxylic acids is 3. The second-order valence-corrected chi connectivity index (χ2v) is 22.4. The zero-order valence-electron chi connectivity index (χ0n) is 36.3. The molecular weight excluding hydrogens is 693 g/mol. The van der Waals surface area contributed by atoms with E-state index >= 15 is 4.79 Å². The molecule has 10 atom stereocenters. The summed E-state index contributed by atoms with van der Waals surface area (Å²) in [6.07, 6.45) is 9.87. The highest BCUT2D eigenvalue weighted by Gasteiger charge is 2.72. The van der Waals surface area contributed by atoms with Crippen LogP contribution in [-0.4, -0.2) is 76.7 Å². The van der Waals surface area contributed by atoms with Gasteiger partial charge in [0, 0.05) is 31.6 Å². The van der Waals surface area contributed by atoms with Crippen molar-refractivity contribution in [2.24, 2.45) is 62.1 Å². The number of hydrogen-bond donors (Lipinski definition) is 1. The number of hydrogen-bond acceptors (Lipinski definition) is 6. The fraction of sp³-hybridized carbons (Fsp3) is 0.870. The Balaban J connectivity index is 1.21. The summed E-state index contributed by atoms with van der Waals surface area (Å²) in [6, 6.07) is 0. The number of carboxylic acid groups (broad SMARTS) is 1. The van der Waals surface area contributed by atoms with Crippen molar-refractivity contribution in [2.75, 3.05) is 26.2 Å². The second-order valence-electron chi connectivity index (χ2n) is 22.4. The van der Waals surface area contributed by atoms with Crippen LogP contribution in [0.1, 0.15) is 153 Å². The van der Waals surface area contributed by atoms with Gasteiger partial charge in [0.25, 0.3) is 0 Å². The molecule has 2 amide bonds. The fourth-order valence-electron chi connectivity index (χ4n) is 14.5. The molecule has 310 valence electrons. The summed E-state index contributed by atoms with van der Waals surface area (Å²) in [6.45, 7) is 30.6. The summed E-state index contributed by atoms with van der Waals surface area (Å²) in [4.78, 5) is 56.4. The van der Waals surface area contributed by atoms with Gasteiger partial charge in [-0.1, -0.05) is 60.6 Å². The smallest absolute Gasteiger partial charge is 0.410 e. The molecule has 0 aromatic heterocycles. The van der Waals surface area contributed by atoms with Crippen LogP contribution in [0.2, 0.25) is 0 Å². The fourth-order valence-corrected chi connectivity index (χ4v) is 14.5. The minimum absolute atomic E-state index is 0.0625. The zero-order valence-corrected chi connectivity index (χ0v) is 36.3. The minimum atomic E-state index is -0.895. The van der Waals surface area contributed by atoms with Crippen LogP contribution in [-0.2, 0) is 23.9 Å². The number of amides is 2. The molecule has 6 fully saturated rings. The van der Waals surface area contributed by atoms with Crippen molar-refractivity contribution in [3.8, 4) is 0 Å². The summed E-state index contributed by atoms with van der Waals surface area (Å²) in [5, 5.41) is 9.37. The molecule has 1 heterocycles. The molecule has 0 bridgehead atoms. The molecule has 0 radical (unpaired) electrons. The lowest BCUT2D eigenvalue weighted by Crippen LogP contribution is -2.68. The van der Waals surface area contributed by atoms with Crippen molar-refractivity contribution in [2.45, 2.75) is 165 Å². The molecule has 6 rings (SSSR count). The van der Waals surface area contributed by atoms with E-state index in [1.54, 1.807) is 4.90 Å². The molecule has 0 aromatic rings. The highest BCUT2D eigenvalue weighted by Crippen LogP contribution is 2.77. The van der Waals surface area contributed by atoms with Crippen LogP contribution in [0.25, 0.3) is 0 Å². The first-order valence-corrected chi connectivity index (χ1v) is 21.7. The third-order valence-corrected chi connectivity index (χ3v) is 17.2. The van der Waals surface area contributed by atoms with Crippen molar-refractivity contribution < 1.29 is 33.8 Å². The quantitative estimate of drug-likeness (QED) is 0.203. The molecule has 6 aliphatic rings. The third kappa shape index (κ3) is 7.05. The maximum Gasteiger partial charge on any atom is 0.410 e. The number of ether oxygens (including phenoxy) is 2. The molecule has 1 saturated heterocycles. The number of esters is 1. The third-order valence-electron chi connectivity index (χ3n) is 17.2. The number of fused-ring (bicyclic) bond motifs is 7. The number of aliphatic carboxylic acids is 1. The Bertz CT molecular complexity index is 1550. The number of nitrogens with zero attached hydrogens (tertiary/aromatic N) is 2. The van der Waals surface area contributed by atoms with Crippen LogP contribution in [0.5, 0.6) is 0 Å². The van der Waals surface area contributed by atoms with Crippen LogP contribution in [0.15, 0.2) is 12.2 Å². The highest BCUT2D eigenvalue weighted by molar-refractivity contribution is 5.84. The molecule has 9 nitrogen and oxygen atoms in total. The van der Waals surface area contributed by atoms with Gasteiger partial charge in [0.05, 0.1) is 18.3 Å². The lowest BCUT2D eigenvalue weighted by molar-refractivity contribution is -0.250. The lowest BCUT2D eigenvalue weighted by atomic mass is 9.32. The zero-order chi connectivity index (χ0) is 40.7. The van der Waals surface area contributed by atoms with Gasteiger partial charge in [0.15, 0.2) is 0 Å². The van der Waals surface area contributed by atoms with Gasteiger partial charge in [-0.05, 0) is 143 Å². The van der Waals surface area contributed by atoms with Crippen molar-refractivity contribution in [1.82, 2.24) is 9.80 Å². The van der Waals surface area contributed by atoms with Crippen molar-refractivity contribution >= 4 is 23.9 Å². The molecule has 55 heavy (non-hydrogen) atoms. The maximum atomic E-state index is 15.0. The Labute approximate surface area is 332 Å². The predicted molar refractivity (Wildman–Crippen MR) is 214 cm³/mol. The molecule has 5 saturated carbocycles. The van der Waals surface area contributed by atoms with E-state index in [4.69, 9.17) is 9.47 Å². The maximum absolute atomic E-state index is 15.0. The van der Waals surface area contributed by atoms with Crippen LogP contribution < -0.4 is 0 Å². The van der Waals surface area contributed by atoms with Gasteiger partial charge in [-0.2, -0.15) is 0 Å². The van der Waals surface area contributed by atoms with E-state index in [-0.39, 0.29) is 64.0 Å². The van der Waals surface area contributed by atoms with E-state index in [2.05, 4.69) is 53.0 Å². The van der Waals surface area contributed by atoms with E-state index in [0.29, 0.717) is 55.8 Å². The number of carbonyl (C=O) groups is 4. The summed E-state index contributed by atoms with van der Waals surface area (Å²) in [7, 11) is 0. The van der Waals surface area contributed by atoms with Crippen LogP contribution >= 0.6 is 0 Å². The predicted octanol–water partition coefficient (Wildman–Crippen LogP) is 9.53. The van der Waals surface area contributed by atoms with Crippen molar-refractivity contribution in [3.05, 3.63) is 12.2 Å². The molecular formula is C46H74N2O7. The Hall–Kier alpha value is -2.58. The van der Waals surface area contributed by atoms with E-state index < -0.39 is 17.0 Å². The first-order valence-electron chi connectivity index (χ1n) is 21.7. The normalized spacial score (nSPS) is 39.8. The molecule has 0 spiro atoms. The SMILES string of the molecule is C=C(C)[C@@H]1CC[C@]2(C(=O)N3CCN(C(=O)OC(C)(C)C)CC3)CC[C@]3(C)[C@H](CCC4[C@@]5(C)CC[C@H](OC(=O)CC(C)(C)CC(=O)O)C(C)(C)C5CC[C@]43C)C12. The molecule has 5 aliphatic carbocycles. The van der Waals surface area contributed by atoms with Gasteiger partial charge >= 0.3 is 18.0 Å². The Kier molecular flexibility index (Phi) is 10.7. The van der Waals surface area contributed by atoms with E-state index in [9.17, 15) is 19.5 Å². The second kappa shape index (κ2) is 14.1. The van der Waals surface area contributed by atoms with Gasteiger partial charge in [0.2, 0.25) is 5.91 Å². The number of carboxylic acids is 1. The van der Waals surface area contributed by atoms with Gasteiger partial charge < -0.3 is 24.4 Å². The monoisotopic (exact) mass is 767 g/mol. The topological polar surface area (TPSA) is 113 Å². The Morgan fingerprint density at radius 3 is 1.98 bits per heavy atom. The number of piperazine rings is 1. The Morgan fingerprint density at radius 2 is 1.38 bits per heavy atom. The van der Waals surface area contributed by atoms with E-state index in [1.165, 1.54) is 5.57 Å². The van der Waals surface area contributed by atoms with Crippen LogP contribution in [0, 0.1) is 62.1 Å².